The molecule has 0 bridgehead atoms. The molecule has 0 aromatic heterocycles. The van der Waals surface area contributed by atoms with Gasteiger partial charge in [0.2, 0.25) is 15.9 Å². The maximum absolute atomic E-state index is 12.5. The Labute approximate surface area is 118 Å². The van der Waals surface area contributed by atoms with Crippen molar-refractivity contribution in [1.82, 2.24) is 4.31 Å². The Morgan fingerprint density at radius 3 is 2.40 bits per heavy atom. The Morgan fingerprint density at radius 1 is 1.35 bits per heavy atom. The molecule has 1 aliphatic rings. The molecule has 1 atom stereocenters. The molecular weight excluding hydrogens is 278 g/mol. The number of primary amides is 1. The molecule has 1 fully saturated rings. The minimum absolute atomic E-state index is 0.166. The molecule has 1 aliphatic heterocycles. The van der Waals surface area contributed by atoms with Gasteiger partial charge >= 0.3 is 0 Å². The lowest BCUT2D eigenvalue weighted by atomic mass is 9.90. The first kappa shape index (κ1) is 15.0. The normalized spacial score (nSPS) is 23.9. The van der Waals surface area contributed by atoms with Crippen LogP contribution >= 0.6 is 0 Å². The molecule has 0 spiro atoms. The maximum atomic E-state index is 12.5. The molecule has 4 N–H and O–H groups in total. The highest BCUT2D eigenvalue weighted by atomic mass is 32.2. The van der Waals surface area contributed by atoms with Gasteiger partial charge in [-0.1, -0.05) is 6.92 Å². The predicted molar refractivity (Wildman–Crippen MR) is 75.5 cm³/mol. The smallest absolute Gasteiger partial charge is 0.248 e. The van der Waals surface area contributed by atoms with Crippen molar-refractivity contribution in [3.63, 3.8) is 0 Å². The monoisotopic (exact) mass is 297 g/mol. The van der Waals surface area contributed by atoms with Gasteiger partial charge in [-0.25, -0.2) is 8.42 Å². The van der Waals surface area contributed by atoms with Gasteiger partial charge in [0.25, 0.3) is 0 Å². The van der Waals surface area contributed by atoms with E-state index in [0.717, 1.165) is 6.42 Å². The lowest BCUT2D eigenvalue weighted by Crippen LogP contribution is -2.34. The molecule has 20 heavy (non-hydrogen) atoms. The Bertz CT molecular complexity index is 612. The van der Waals surface area contributed by atoms with Gasteiger partial charge in [0.1, 0.15) is 0 Å². The average Bonchev–Trinajstić information content (AvgIpc) is 2.83. The first-order valence-corrected chi connectivity index (χ1v) is 7.83. The van der Waals surface area contributed by atoms with E-state index in [0.29, 0.717) is 19.6 Å². The third-order valence-corrected chi connectivity index (χ3v) is 5.65. The summed E-state index contributed by atoms with van der Waals surface area (Å²) in [4.78, 5) is 11.2. The van der Waals surface area contributed by atoms with Gasteiger partial charge in [-0.3, -0.25) is 4.79 Å². The fourth-order valence-electron chi connectivity index (χ4n) is 2.29. The third-order valence-electron chi connectivity index (χ3n) is 3.79. The topological polar surface area (TPSA) is 106 Å². The van der Waals surface area contributed by atoms with Crippen molar-refractivity contribution in [2.24, 2.45) is 16.9 Å². The molecule has 6 nitrogen and oxygen atoms in total. The number of carbonyl (C=O) groups is 1. The number of hydrogen-bond donors (Lipinski definition) is 2. The fraction of sp³-hybridized carbons (Fsp3) is 0.462. The Balaban J connectivity index is 2.25. The van der Waals surface area contributed by atoms with Crippen molar-refractivity contribution in [2.45, 2.75) is 18.2 Å². The number of rotatable bonds is 4. The summed E-state index contributed by atoms with van der Waals surface area (Å²) in [6.45, 7) is 3.33. The highest BCUT2D eigenvalue weighted by molar-refractivity contribution is 7.89. The van der Waals surface area contributed by atoms with Crippen LogP contribution in [-0.4, -0.2) is 38.3 Å². The molecule has 1 heterocycles. The van der Waals surface area contributed by atoms with Gasteiger partial charge in [0, 0.05) is 18.7 Å². The van der Waals surface area contributed by atoms with Crippen LogP contribution < -0.4 is 11.5 Å². The highest BCUT2D eigenvalue weighted by Gasteiger charge is 2.38. The minimum atomic E-state index is -3.54. The van der Waals surface area contributed by atoms with Crippen molar-refractivity contribution in [2.75, 3.05) is 19.6 Å². The van der Waals surface area contributed by atoms with Gasteiger partial charge in [-0.05, 0) is 42.6 Å². The molecular formula is C13H19N3O3S. The summed E-state index contributed by atoms with van der Waals surface area (Å²) in [5.41, 5.74) is 11.0. The van der Waals surface area contributed by atoms with Crippen molar-refractivity contribution >= 4 is 15.9 Å². The van der Waals surface area contributed by atoms with Gasteiger partial charge in [0.15, 0.2) is 0 Å². The average molecular weight is 297 g/mol. The summed E-state index contributed by atoms with van der Waals surface area (Å²) in [6.07, 6.45) is 0.752. The molecule has 110 valence electrons. The van der Waals surface area contributed by atoms with Crippen LogP contribution in [0, 0.1) is 5.41 Å². The zero-order chi connectivity index (χ0) is 15.0. The second-order valence-electron chi connectivity index (χ2n) is 5.49. The van der Waals surface area contributed by atoms with E-state index in [-0.39, 0.29) is 15.9 Å². The minimum Gasteiger partial charge on any atom is -0.366 e. The molecule has 1 aromatic rings. The van der Waals surface area contributed by atoms with Crippen LogP contribution in [0.25, 0.3) is 0 Å². The van der Waals surface area contributed by atoms with Crippen LogP contribution in [0.3, 0.4) is 0 Å². The molecule has 1 aromatic carbocycles. The zero-order valence-corrected chi connectivity index (χ0v) is 12.2. The molecule has 2 rings (SSSR count). The van der Waals surface area contributed by atoms with E-state index in [1.807, 2.05) is 6.92 Å². The summed E-state index contributed by atoms with van der Waals surface area (Å²) in [5.74, 6) is -0.578. The summed E-state index contributed by atoms with van der Waals surface area (Å²) < 4.78 is 26.4. The number of carbonyl (C=O) groups excluding carboxylic acids is 1. The SMILES string of the molecule is CC1(CN)CCN(S(=O)(=O)c2ccc(C(N)=O)cc2)C1. The molecule has 1 saturated heterocycles. The van der Waals surface area contributed by atoms with Crippen molar-refractivity contribution in [3.8, 4) is 0 Å². The largest absolute Gasteiger partial charge is 0.366 e. The van der Waals surface area contributed by atoms with E-state index >= 15 is 0 Å². The van der Waals surface area contributed by atoms with Crippen LogP contribution in [0.5, 0.6) is 0 Å². The maximum Gasteiger partial charge on any atom is 0.248 e. The summed E-state index contributed by atoms with van der Waals surface area (Å²) in [6, 6.07) is 5.67. The van der Waals surface area contributed by atoms with Crippen molar-refractivity contribution in [1.29, 1.82) is 0 Å². The summed E-state index contributed by atoms with van der Waals surface area (Å²) in [5, 5.41) is 0. The molecule has 7 heteroatoms. The second-order valence-corrected chi connectivity index (χ2v) is 7.43. The summed E-state index contributed by atoms with van der Waals surface area (Å²) >= 11 is 0. The second kappa shape index (κ2) is 5.16. The quantitative estimate of drug-likeness (QED) is 0.824. The van der Waals surface area contributed by atoms with Crippen molar-refractivity contribution in [3.05, 3.63) is 29.8 Å². The van der Waals surface area contributed by atoms with Gasteiger partial charge in [-0.15, -0.1) is 0 Å². The number of nitrogens with zero attached hydrogens (tertiary/aromatic N) is 1. The Hall–Kier alpha value is -1.44. The van der Waals surface area contributed by atoms with Crippen LogP contribution in [0.4, 0.5) is 0 Å². The highest BCUT2D eigenvalue weighted by Crippen LogP contribution is 2.32. The zero-order valence-electron chi connectivity index (χ0n) is 11.4. The van der Waals surface area contributed by atoms with Crippen molar-refractivity contribution < 1.29 is 13.2 Å². The standard InChI is InChI=1S/C13H19N3O3S/c1-13(8-14)6-7-16(9-13)20(18,19)11-4-2-10(3-5-11)12(15)17/h2-5H,6-9,14H2,1H3,(H2,15,17). The van der Waals surface area contributed by atoms with Crippen LogP contribution in [-0.2, 0) is 10.0 Å². The van der Waals surface area contributed by atoms with Gasteiger partial charge in [-0.2, -0.15) is 4.31 Å². The van der Waals surface area contributed by atoms with E-state index in [1.165, 1.54) is 28.6 Å². The Kier molecular flexibility index (Phi) is 3.86. The number of benzene rings is 1. The lowest BCUT2D eigenvalue weighted by Gasteiger charge is -2.22. The van der Waals surface area contributed by atoms with E-state index in [1.54, 1.807) is 0 Å². The lowest BCUT2D eigenvalue weighted by molar-refractivity contribution is 0.1000. The molecule has 0 aliphatic carbocycles. The van der Waals surface area contributed by atoms with Crippen LogP contribution in [0.2, 0.25) is 0 Å². The van der Waals surface area contributed by atoms with Crippen LogP contribution in [0.15, 0.2) is 29.2 Å². The fourth-order valence-corrected chi connectivity index (χ4v) is 3.88. The third kappa shape index (κ3) is 2.70. The molecule has 0 radical (unpaired) electrons. The first-order chi connectivity index (χ1) is 9.28. The van der Waals surface area contributed by atoms with E-state index in [2.05, 4.69) is 0 Å². The van der Waals surface area contributed by atoms with E-state index in [4.69, 9.17) is 11.5 Å². The molecule has 1 unspecified atom stereocenters. The Morgan fingerprint density at radius 2 is 1.95 bits per heavy atom. The summed E-state index contributed by atoms with van der Waals surface area (Å²) in [7, 11) is -3.54. The number of amides is 1. The molecule has 1 amide bonds. The van der Waals surface area contributed by atoms with Gasteiger partial charge < -0.3 is 11.5 Å². The first-order valence-electron chi connectivity index (χ1n) is 6.39. The number of nitrogens with two attached hydrogens (primary N) is 2. The van der Waals surface area contributed by atoms with E-state index < -0.39 is 15.9 Å². The van der Waals surface area contributed by atoms with Crippen LogP contribution in [0.1, 0.15) is 23.7 Å². The predicted octanol–water partition coefficient (Wildman–Crippen LogP) is 0.145. The number of hydrogen-bond acceptors (Lipinski definition) is 4. The number of sulfonamides is 1. The van der Waals surface area contributed by atoms with E-state index in [9.17, 15) is 13.2 Å². The molecule has 0 saturated carbocycles. The van der Waals surface area contributed by atoms with Gasteiger partial charge in [0.05, 0.1) is 4.90 Å².